The van der Waals surface area contributed by atoms with Crippen LogP contribution in [0.3, 0.4) is 0 Å². The third kappa shape index (κ3) is 2.76. The summed E-state index contributed by atoms with van der Waals surface area (Å²) in [5.74, 6) is 0. The van der Waals surface area contributed by atoms with Crippen LogP contribution < -0.4 is 10.2 Å². The van der Waals surface area contributed by atoms with Crippen molar-refractivity contribution in [3.63, 3.8) is 0 Å². The molecule has 2 rings (SSSR count). The molecule has 1 atom stereocenters. The van der Waals surface area contributed by atoms with E-state index in [1.807, 2.05) is 0 Å². The van der Waals surface area contributed by atoms with Crippen molar-refractivity contribution in [2.24, 2.45) is 0 Å². The Bertz CT molecular complexity index is 583. The number of nitrogens with one attached hydrogen (secondary N) is 1. The Balaban J connectivity index is 2.55. The van der Waals surface area contributed by atoms with E-state index < -0.39 is 0 Å². The molecule has 0 radical (unpaired) electrons. The van der Waals surface area contributed by atoms with Crippen molar-refractivity contribution in [3.8, 4) is 0 Å². The largest absolute Gasteiger partial charge is 0.388 e. The zero-order valence-corrected chi connectivity index (χ0v) is 13.5. The van der Waals surface area contributed by atoms with Gasteiger partial charge in [0.1, 0.15) is 0 Å². The van der Waals surface area contributed by atoms with Gasteiger partial charge in [-0.25, -0.2) is 0 Å². The second kappa shape index (κ2) is 5.80. The van der Waals surface area contributed by atoms with Gasteiger partial charge in [-0.15, -0.1) is 6.58 Å². The number of anilines is 1. The summed E-state index contributed by atoms with van der Waals surface area (Å²) in [5.41, 5.74) is 5.95. The maximum Gasteiger partial charge on any atom is 0.0409 e. The number of allylic oxidation sites excluding steroid dienone is 2. The van der Waals surface area contributed by atoms with E-state index in [9.17, 15) is 0 Å². The number of hydrogen-bond acceptors (Lipinski definition) is 2. The van der Waals surface area contributed by atoms with Crippen LogP contribution in [-0.2, 0) is 5.41 Å². The van der Waals surface area contributed by atoms with Gasteiger partial charge in [-0.2, -0.15) is 0 Å². The van der Waals surface area contributed by atoms with E-state index in [-0.39, 0.29) is 5.41 Å². The fraction of sp³-hybridized carbons (Fsp3) is 0.368. The van der Waals surface area contributed by atoms with Crippen LogP contribution >= 0.6 is 0 Å². The molecule has 0 spiro atoms. The van der Waals surface area contributed by atoms with Crippen molar-refractivity contribution in [2.75, 3.05) is 25.5 Å². The molecule has 1 heterocycles. The van der Waals surface area contributed by atoms with Crippen molar-refractivity contribution in [2.45, 2.75) is 25.2 Å². The molecule has 1 aliphatic heterocycles. The lowest BCUT2D eigenvalue weighted by molar-refractivity contribution is 0.599. The zero-order chi connectivity index (χ0) is 15.6. The molecule has 112 valence electrons. The first-order valence-electron chi connectivity index (χ1n) is 7.48. The Kier molecular flexibility index (Phi) is 4.26. The molecule has 1 unspecified atom stereocenters. The van der Waals surface area contributed by atoms with Gasteiger partial charge in [0.25, 0.3) is 0 Å². The molecular formula is C19H26N2. The predicted octanol–water partition coefficient (Wildman–Crippen LogP) is 4.11. The molecule has 1 aromatic carbocycles. The Morgan fingerprint density at radius 3 is 2.62 bits per heavy atom. The summed E-state index contributed by atoms with van der Waals surface area (Å²) < 4.78 is 0. The molecule has 0 saturated carbocycles. The lowest BCUT2D eigenvalue weighted by Crippen LogP contribution is -2.29. The summed E-state index contributed by atoms with van der Waals surface area (Å²) in [4.78, 5) is 2.17. The molecule has 0 amide bonds. The fourth-order valence-corrected chi connectivity index (χ4v) is 2.98. The standard InChI is InChI=1S/C19H26N2/c1-7-14(3)16-9-10-17(18(11-16)21(5)6)19(8-2)12-15(4)20-13-19/h8-11,20H,2-4,7,12-13H2,1,5-6H3. The highest BCUT2D eigenvalue weighted by molar-refractivity contribution is 5.70. The van der Waals surface area contributed by atoms with Gasteiger partial charge in [-0.1, -0.05) is 38.3 Å². The molecule has 1 aromatic rings. The molecule has 21 heavy (non-hydrogen) atoms. The van der Waals surface area contributed by atoms with Gasteiger partial charge >= 0.3 is 0 Å². The summed E-state index contributed by atoms with van der Waals surface area (Å²) in [6.07, 6.45) is 3.94. The summed E-state index contributed by atoms with van der Waals surface area (Å²) in [7, 11) is 4.18. The van der Waals surface area contributed by atoms with Gasteiger partial charge in [-0.3, -0.25) is 0 Å². The number of hydrogen-bond donors (Lipinski definition) is 1. The minimum Gasteiger partial charge on any atom is -0.388 e. The predicted molar refractivity (Wildman–Crippen MR) is 93.7 cm³/mol. The summed E-state index contributed by atoms with van der Waals surface area (Å²) in [5, 5.41) is 3.37. The minimum atomic E-state index is -0.0667. The minimum absolute atomic E-state index is 0.0667. The lowest BCUT2D eigenvalue weighted by Gasteiger charge is -2.30. The second-order valence-corrected chi connectivity index (χ2v) is 6.08. The molecule has 2 heteroatoms. The highest BCUT2D eigenvalue weighted by Gasteiger charge is 2.36. The molecule has 0 aliphatic carbocycles. The molecule has 2 nitrogen and oxygen atoms in total. The van der Waals surface area contributed by atoms with Gasteiger partial charge in [0.15, 0.2) is 0 Å². The van der Waals surface area contributed by atoms with E-state index in [0.29, 0.717) is 0 Å². The Labute approximate surface area is 128 Å². The van der Waals surface area contributed by atoms with E-state index in [4.69, 9.17) is 0 Å². The maximum atomic E-state index is 4.16. The maximum absolute atomic E-state index is 4.16. The number of benzene rings is 1. The second-order valence-electron chi connectivity index (χ2n) is 6.08. The zero-order valence-electron chi connectivity index (χ0n) is 13.5. The average Bonchev–Trinajstić information content (AvgIpc) is 2.88. The van der Waals surface area contributed by atoms with Gasteiger partial charge < -0.3 is 10.2 Å². The van der Waals surface area contributed by atoms with E-state index in [2.05, 4.69) is 75.2 Å². The first kappa shape index (κ1) is 15.4. The molecule has 1 fully saturated rings. The Hall–Kier alpha value is -1.96. The van der Waals surface area contributed by atoms with Crippen molar-refractivity contribution in [1.82, 2.24) is 5.32 Å². The SMILES string of the molecule is C=CC1(c2ccc(C(=C)CC)cc2N(C)C)CNC(=C)C1. The lowest BCUT2D eigenvalue weighted by atomic mass is 9.77. The van der Waals surface area contributed by atoms with E-state index in [1.165, 1.54) is 22.4 Å². The molecule has 1 N–H and O–H groups in total. The highest BCUT2D eigenvalue weighted by Crippen LogP contribution is 2.41. The Morgan fingerprint density at radius 1 is 1.43 bits per heavy atom. The van der Waals surface area contributed by atoms with Crippen LogP contribution in [0.15, 0.2) is 49.7 Å². The van der Waals surface area contributed by atoms with Gasteiger partial charge in [0, 0.05) is 43.9 Å². The van der Waals surface area contributed by atoms with Crippen LogP contribution in [0.5, 0.6) is 0 Å². The van der Waals surface area contributed by atoms with Gasteiger partial charge in [0.2, 0.25) is 0 Å². The third-order valence-corrected chi connectivity index (χ3v) is 4.42. The third-order valence-electron chi connectivity index (χ3n) is 4.42. The summed E-state index contributed by atoms with van der Waals surface area (Å²) in [6.45, 7) is 15.3. The summed E-state index contributed by atoms with van der Waals surface area (Å²) in [6, 6.07) is 6.65. The average molecular weight is 282 g/mol. The topological polar surface area (TPSA) is 15.3 Å². The van der Waals surface area contributed by atoms with Crippen LogP contribution in [0.1, 0.15) is 30.9 Å². The molecule has 1 saturated heterocycles. The van der Waals surface area contributed by atoms with Crippen LogP contribution in [-0.4, -0.2) is 20.6 Å². The Morgan fingerprint density at radius 2 is 2.14 bits per heavy atom. The van der Waals surface area contributed by atoms with Gasteiger partial charge in [-0.05, 0) is 29.2 Å². The quantitative estimate of drug-likeness (QED) is 0.818. The van der Waals surface area contributed by atoms with Crippen molar-refractivity contribution in [3.05, 3.63) is 60.8 Å². The first-order valence-corrected chi connectivity index (χ1v) is 7.48. The molecule has 0 aromatic heterocycles. The van der Waals surface area contributed by atoms with Crippen LogP contribution in [0.25, 0.3) is 5.57 Å². The monoisotopic (exact) mass is 282 g/mol. The summed E-state index contributed by atoms with van der Waals surface area (Å²) >= 11 is 0. The van der Waals surface area contributed by atoms with Crippen LogP contribution in [0.2, 0.25) is 0 Å². The molecule has 1 aliphatic rings. The van der Waals surface area contributed by atoms with Crippen LogP contribution in [0, 0.1) is 0 Å². The normalized spacial score (nSPS) is 21.0. The number of nitrogens with zero attached hydrogens (tertiary/aromatic N) is 1. The number of rotatable bonds is 5. The smallest absolute Gasteiger partial charge is 0.0409 e. The molecule has 0 bridgehead atoms. The highest BCUT2D eigenvalue weighted by atomic mass is 15.1. The van der Waals surface area contributed by atoms with Gasteiger partial charge in [0.05, 0.1) is 0 Å². The fourth-order valence-electron chi connectivity index (χ4n) is 2.98. The van der Waals surface area contributed by atoms with Crippen molar-refractivity contribution in [1.29, 1.82) is 0 Å². The first-order chi connectivity index (χ1) is 9.93. The van der Waals surface area contributed by atoms with E-state index in [1.54, 1.807) is 0 Å². The van der Waals surface area contributed by atoms with E-state index >= 15 is 0 Å². The molecular weight excluding hydrogens is 256 g/mol. The van der Waals surface area contributed by atoms with E-state index in [0.717, 1.165) is 25.1 Å². The van der Waals surface area contributed by atoms with Crippen LogP contribution in [0.4, 0.5) is 5.69 Å². The van der Waals surface area contributed by atoms with Crippen molar-refractivity contribution < 1.29 is 0 Å². The van der Waals surface area contributed by atoms with Crippen molar-refractivity contribution >= 4 is 11.3 Å².